The molecule has 0 bridgehead atoms. The Kier molecular flexibility index (Phi) is 3.42. The van der Waals surface area contributed by atoms with Crippen LogP contribution in [0.3, 0.4) is 0 Å². The number of hydrogen-bond acceptors (Lipinski definition) is 5. The summed E-state index contributed by atoms with van der Waals surface area (Å²) in [5.74, 6) is -0.569. The smallest absolute Gasteiger partial charge is 0.225 e. The van der Waals surface area contributed by atoms with Gasteiger partial charge in [-0.3, -0.25) is 0 Å². The molecule has 0 atom stereocenters. The molecule has 0 radical (unpaired) electrons. The van der Waals surface area contributed by atoms with Crippen LogP contribution in [-0.4, -0.2) is 17.0 Å². The second-order valence-corrected chi connectivity index (χ2v) is 5.68. The van der Waals surface area contributed by atoms with Gasteiger partial charge in [-0.15, -0.1) is 11.3 Å². The van der Waals surface area contributed by atoms with Crippen LogP contribution in [0.5, 0.6) is 0 Å². The van der Waals surface area contributed by atoms with Crippen LogP contribution in [0.1, 0.15) is 4.88 Å². The first-order chi connectivity index (χ1) is 10.1. The highest BCUT2D eigenvalue weighted by Crippen LogP contribution is 2.32. The molecule has 7 heteroatoms. The number of aryl methyl sites for hydroxylation is 1. The molecule has 0 spiro atoms. The third-order valence-electron chi connectivity index (χ3n) is 2.95. The Bertz CT molecular complexity index is 796. The summed E-state index contributed by atoms with van der Waals surface area (Å²) >= 11 is 1.50. The average molecular weight is 306 g/mol. The lowest BCUT2D eigenvalue weighted by Crippen LogP contribution is -2.03. The number of aromatic nitrogens is 2. The third-order valence-corrected chi connectivity index (χ3v) is 3.89. The van der Waals surface area contributed by atoms with Crippen LogP contribution < -0.4 is 10.6 Å². The van der Waals surface area contributed by atoms with E-state index in [0.29, 0.717) is 11.8 Å². The summed E-state index contributed by atoms with van der Waals surface area (Å²) in [4.78, 5) is 10.4. The van der Waals surface area contributed by atoms with Crippen molar-refractivity contribution in [3.63, 3.8) is 0 Å². The molecule has 0 aliphatic rings. The van der Waals surface area contributed by atoms with Crippen molar-refractivity contribution in [3.05, 3.63) is 40.8 Å². The number of rotatable bonds is 3. The van der Waals surface area contributed by atoms with Crippen molar-refractivity contribution < 1.29 is 8.78 Å². The number of hydrogen-bond donors (Lipinski definition) is 2. The van der Waals surface area contributed by atoms with E-state index in [2.05, 4.69) is 20.6 Å². The Morgan fingerprint density at radius 3 is 2.52 bits per heavy atom. The summed E-state index contributed by atoms with van der Waals surface area (Å²) < 4.78 is 27.5. The van der Waals surface area contributed by atoms with Gasteiger partial charge in [0.25, 0.3) is 0 Å². The van der Waals surface area contributed by atoms with Crippen LogP contribution in [0.2, 0.25) is 0 Å². The van der Waals surface area contributed by atoms with Gasteiger partial charge < -0.3 is 10.6 Å². The van der Waals surface area contributed by atoms with Crippen LogP contribution in [0.4, 0.5) is 26.2 Å². The van der Waals surface area contributed by atoms with Crippen molar-refractivity contribution in [1.29, 1.82) is 0 Å². The summed E-state index contributed by atoms with van der Waals surface area (Å²) in [5.41, 5.74) is -0.219. The molecule has 0 aliphatic carbocycles. The number of anilines is 3. The Labute approximate surface area is 123 Å². The molecule has 0 unspecified atom stereocenters. The van der Waals surface area contributed by atoms with Crippen molar-refractivity contribution >= 4 is 39.0 Å². The van der Waals surface area contributed by atoms with Gasteiger partial charge in [0.05, 0.1) is 5.39 Å². The van der Waals surface area contributed by atoms with Crippen LogP contribution >= 0.6 is 11.3 Å². The molecule has 0 aliphatic heterocycles. The largest absolute Gasteiger partial charge is 0.357 e. The maximum atomic E-state index is 13.8. The molecular formula is C14H12F2N4S. The number of fused-ring (bicyclic) bond motifs is 1. The Morgan fingerprint density at radius 2 is 1.86 bits per heavy atom. The van der Waals surface area contributed by atoms with E-state index in [-0.39, 0.29) is 5.69 Å². The van der Waals surface area contributed by atoms with E-state index in [0.717, 1.165) is 15.1 Å². The average Bonchev–Trinajstić information content (AvgIpc) is 2.83. The highest BCUT2D eigenvalue weighted by atomic mass is 32.1. The molecule has 2 heterocycles. The van der Waals surface area contributed by atoms with Gasteiger partial charge in [0.2, 0.25) is 5.95 Å². The first-order valence-corrected chi connectivity index (χ1v) is 7.07. The van der Waals surface area contributed by atoms with Crippen molar-refractivity contribution in [1.82, 2.24) is 9.97 Å². The highest BCUT2D eigenvalue weighted by molar-refractivity contribution is 7.18. The number of nitrogens with one attached hydrogen (secondary N) is 2. The van der Waals surface area contributed by atoms with Crippen LogP contribution in [0, 0.1) is 18.6 Å². The maximum absolute atomic E-state index is 13.8. The molecule has 2 aromatic heterocycles. The predicted octanol–water partition coefficient (Wildman–Crippen LogP) is 4.06. The fraction of sp³-hybridized carbons (Fsp3) is 0.143. The fourth-order valence-electron chi connectivity index (χ4n) is 1.98. The first-order valence-electron chi connectivity index (χ1n) is 6.25. The van der Waals surface area contributed by atoms with Crippen LogP contribution in [0.25, 0.3) is 10.2 Å². The number of thiophene rings is 1. The Morgan fingerprint density at radius 1 is 1.14 bits per heavy atom. The number of benzene rings is 1. The highest BCUT2D eigenvalue weighted by Gasteiger charge is 2.14. The Balaban J connectivity index is 2.15. The van der Waals surface area contributed by atoms with E-state index >= 15 is 0 Å². The number of halogens is 2. The molecule has 1 aromatic carbocycles. The summed E-state index contributed by atoms with van der Waals surface area (Å²) in [7, 11) is 1.69. The van der Waals surface area contributed by atoms with Gasteiger partial charge >= 0.3 is 0 Å². The second kappa shape index (κ2) is 5.25. The Hall–Kier alpha value is -2.28. The lowest BCUT2D eigenvalue weighted by Gasteiger charge is -2.10. The minimum Gasteiger partial charge on any atom is -0.357 e. The number of para-hydroxylation sites is 1. The molecule has 0 fully saturated rings. The lowest BCUT2D eigenvalue weighted by atomic mass is 10.2. The maximum Gasteiger partial charge on any atom is 0.225 e. The zero-order valence-corrected chi connectivity index (χ0v) is 12.2. The quantitative estimate of drug-likeness (QED) is 0.766. The standard InChI is InChI=1S/C14H12F2N4S/c1-7-6-8-12(19-14(17-2)20-13(8)21-7)18-11-9(15)4-3-5-10(11)16/h3-6H,1-2H3,(H2,17,18,19,20). The SMILES string of the molecule is CNc1nc(Nc2c(F)cccc2F)c2cc(C)sc2n1. The summed E-state index contributed by atoms with van der Waals surface area (Å²) in [5, 5.41) is 6.31. The van der Waals surface area contributed by atoms with Gasteiger partial charge in [-0.1, -0.05) is 6.07 Å². The zero-order valence-electron chi connectivity index (χ0n) is 11.4. The predicted molar refractivity (Wildman–Crippen MR) is 81.3 cm³/mol. The van der Waals surface area contributed by atoms with Crippen molar-refractivity contribution in [2.45, 2.75) is 6.92 Å². The minimum absolute atomic E-state index is 0.219. The topological polar surface area (TPSA) is 49.8 Å². The summed E-state index contributed by atoms with van der Waals surface area (Å²) in [6.45, 7) is 1.94. The molecule has 21 heavy (non-hydrogen) atoms. The molecule has 0 saturated carbocycles. The summed E-state index contributed by atoms with van der Waals surface area (Å²) in [6.07, 6.45) is 0. The third kappa shape index (κ3) is 2.52. The van der Waals surface area contributed by atoms with E-state index < -0.39 is 11.6 Å². The van der Waals surface area contributed by atoms with E-state index in [1.807, 2.05) is 13.0 Å². The van der Waals surface area contributed by atoms with E-state index in [1.165, 1.54) is 29.5 Å². The van der Waals surface area contributed by atoms with Gasteiger partial charge in [0.15, 0.2) is 0 Å². The molecule has 4 nitrogen and oxygen atoms in total. The van der Waals surface area contributed by atoms with E-state index in [9.17, 15) is 8.78 Å². The molecule has 108 valence electrons. The van der Waals surface area contributed by atoms with Gasteiger partial charge in [-0.25, -0.2) is 13.8 Å². The van der Waals surface area contributed by atoms with Crippen molar-refractivity contribution in [3.8, 4) is 0 Å². The van der Waals surface area contributed by atoms with Gasteiger partial charge in [-0.2, -0.15) is 4.98 Å². The zero-order chi connectivity index (χ0) is 15.0. The van der Waals surface area contributed by atoms with Crippen molar-refractivity contribution in [2.75, 3.05) is 17.7 Å². The lowest BCUT2D eigenvalue weighted by molar-refractivity contribution is 0.590. The van der Waals surface area contributed by atoms with Crippen LogP contribution in [0.15, 0.2) is 24.3 Å². The van der Waals surface area contributed by atoms with Crippen LogP contribution in [-0.2, 0) is 0 Å². The molecule has 3 aromatic rings. The fourth-order valence-corrected chi connectivity index (χ4v) is 2.86. The van der Waals surface area contributed by atoms with Gasteiger partial charge in [-0.05, 0) is 25.1 Å². The normalized spacial score (nSPS) is 10.9. The molecule has 3 rings (SSSR count). The van der Waals surface area contributed by atoms with E-state index in [1.54, 1.807) is 7.05 Å². The molecular weight excluding hydrogens is 294 g/mol. The van der Waals surface area contributed by atoms with Crippen molar-refractivity contribution in [2.24, 2.45) is 0 Å². The molecule has 0 saturated heterocycles. The first kappa shape index (κ1) is 13.7. The monoisotopic (exact) mass is 306 g/mol. The summed E-state index contributed by atoms with van der Waals surface area (Å²) in [6, 6.07) is 5.60. The van der Waals surface area contributed by atoms with Gasteiger partial charge in [0, 0.05) is 11.9 Å². The molecule has 2 N–H and O–H groups in total. The minimum atomic E-state index is -0.667. The number of nitrogens with zero attached hydrogens (tertiary/aromatic N) is 2. The molecule has 0 amide bonds. The van der Waals surface area contributed by atoms with Gasteiger partial charge in [0.1, 0.15) is 28.0 Å². The second-order valence-electron chi connectivity index (χ2n) is 4.44. The van der Waals surface area contributed by atoms with E-state index in [4.69, 9.17) is 0 Å².